The van der Waals surface area contributed by atoms with Crippen LogP contribution in [-0.2, 0) is 0 Å². The summed E-state index contributed by atoms with van der Waals surface area (Å²) in [5, 5.41) is 7.02. The van der Waals surface area contributed by atoms with Crippen molar-refractivity contribution in [3.05, 3.63) is 29.8 Å². The molecular formula is C14H22N2S. The highest BCUT2D eigenvalue weighted by atomic mass is 32.2. The van der Waals surface area contributed by atoms with Crippen LogP contribution >= 0.6 is 11.8 Å². The molecule has 1 aromatic carbocycles. The fourth-order valence-electron chi connectivity index (χ4n) is 2.53. The first kappa shape index (κ1) is 12.9. The standard InChI is InChI=1S/C14H22N2S/c1-3-17-12-8-6-11(7-9-12)14(15-2)13-5-4-10-16-13/h6-9,13-16H,3-5,10H2,1-2H3. The van der Waals surface area contributed by atoms with E-state index in [0.29, 0.717) is 12.1 Å². The molecule has 0 radical (unpaired) electrons. The number of benzene rings is 1. The van der Waals surface area contributed by atoms with Gasteiger partial charge in [-0.1, -0.05) is 19.1 Å². The van der Waals surface area contributed by atoms with Crippen LogP contribution in [0.3, 0.4) is 0 Å². The summed E-state index contributed by atoms with van der Waals surface area (Å²) in [6, 6.07) is 10.0. The Morgan fingerprint density at radius 3 is 2.71 bits per heavy atom. The molecular weight excluding hydrogens is 228 g/mol. The molecule has 94 valence electrons. The van der Waals surface area contributed by atoms with Crippen molar-refractivity contribution >= 4 is 11.8 Å². The number of likely N-dealkylation sites (N-methyl/N-ethyl adjacent to an activating group) is 1. The Bertz CT molecular complexity index is 331. The smallest absolute Gasteiger partial charge is 0.0473 e. The van der Waals surface area contributed by atoms with E-state index in [-0.39, 0.29) is 0 Å². The lowest BCUT2D eigenvalue weighted by Gasteiger charge is -2.24. The Labute approximate surface area is 109 Å². The molecule has 0 saturated carbocycles. The Balaban J connectivity index is 2.07. The van der Waals surface area contributed by atoms with Crippen molar-refractivity contribution in [2.45, 2.75) is 36.7 Å². The number of rotatable bonds is 5. The third-order valence-electron chi connectivity index (χ3n) is 3.36. The summed E-state index contributed by atoms with van der Waals surface area (Å²) in [7, 11) is 2.05. The van der Waals surface area contributed by atoms with Crippen LogP contribution in [0.4, 0.5) is 0 Å². The van der Waals surface area contributed by atoms with E-state index in [2.05, 4.69) is 48.9 Å². The molecule has 2 unspecified atom stereocenters. The highest BCUT2D eigenvalue weighted by Gasteiger charge is 2.24. The van der Waals surface area contributed by atoms with Gasteiger partial charge in [-0.15, -0.1) is 11.8 Å². The topological polar surface area (TPSA) is 24.1 Å². The first-order valence-corrected chi connectivity index (χ1v) is 7.47. The van der Waals surface area contributed by atoms with E-state index < -0.39 is 0 Å². The van der Waals surface area contributed by atoms with Crippen molar-refractivity contribution in [1.82, 2.24) is 10.6 Å². The van der Waals surface area contributed by atoms with Crippen molar-refractivity contribution < 1.29 is 0 Å². The Hall–Kier alpha value is -0.510. The zero-order chi connectivity index (χ0) is 12.1. The van der Waals surface area contributed by atoms with E-state index in [9.17, 15) is 0 Å². The van der Waals surface area contributed by atoms with Crippen LogP contribution in [0, 0.1) is 0 Å². The Morgan fingerprint density at radius 2 is 2.18 bits per heavy atom. The minimum atomic E-state index is 0.443. The van der Waals surface area contributed by atoms with Gasteiger partial charge in [-0.05, 0) is 49.9 Å². The first-order chi connectivity index (χ1) is 8.35. The van der Waals surface area contributed by atoms with E-state index in [1.165, 1.54) is 23.3 Å². The molecule has 1 fully saturated rings. The molecule has 3 heteroatoms. The van der Waals surface area contributed by atoms with Gasteiger partial charge in [0.05, 0.1) is 0 Å². The van der Waals surface area contributed by atoms with Gasteiger partial charge in [-0.2, -0.15) is 0 Å². The normalized spacial score (nSPS) is 21.6. The summed E-state index contributed by atoms with van der Waals surface area (Å²) in [6.45, 7) is 3.35. The summed E-state index contributed by atoms with van der Waals surface area (Å²) in [5.41, 5.74) is 1.40. The largest absolute Gasteiger partial charge is 0.312 e. The van der Waals surface area contributed by atoms with Crippen LogP contribution < -0.4 is 10.6 Å². The lowest BCUT2D eigenvalue weighted by Crippen LogP contribution is -2.36. The maximum Gasteiger partial charge on any atom is 0.0473 e. The molecule has 17 heavy (non-hydrogen) atoms. The number of thioether (sulfide) groups is 1. The van der Waals surface area contributed by atoms with Crippen LogP contribution in [0.2, 0.25) is 0 Å². The van der Waals surface area contributed by atoms with Crippen molar-refractivity contribution in [1.29, 1.82) is 0 Å². The molecule has 1 saturated heterocycles. The van der Waals surface area contributed by atoms with Gasteiger partial charge in [0.2, 0.25) is 0 Å². The van der Waals surface area contributed by atoms with Gasteiger partial charge < -0.3 is 10.6 Å². The number of nitrogens with one attached hydrogen (secondary N) is 2. The lowest BCUT2D eigenvalue weighted by molar-refractivity contribution is 0.440. The van der Waals surface area contributed by atoms with E-state index in [0.717, 1.165) is 12.3 Å². The van der Waals surface area contributed by atoms with Gasteiger partial charge in [0.25, 0.3) is 0 Å². The highest BCUT2D eigenvalue weighted by molar-refractivity contribution is 7.99. The molecule has 2 atom stereocenters. The lowest BCUT2D eigenvalue weighted by atomic mass is 9.98. The maximum atomic E-state index is 3.58. The predicted octanol–water partition coefficient (Wildman–Crippen LogP) is 2.81. The zero-order valence-corrected chi connectivity index (χ0v) is 11.5. The second kappa shape index (κ2) is 6.43. The monoisotopic (exact) mass is 250 g/mol. The average Bonchev–Trinajstić information content (AvgIpc) is 2.86. The average molecular weight is 250 g/mol. The summed E-state index contributed by atoms with van der Waals surface area (Å²) in [5.74, 6) is 1.14. The van der Waals surface area contributed by atoms with Gasteiger partial charge in [-0.25, -0.2) is 0 Å². The third kappa shape index (κ3) is 3.24. The molecule has 0 spiro atoms. The van der Waals surface area contributed by atoms with Gasteiger partial charge in [0.1, 0.15) is 0 Å². The molecule has 0 aliphatic carbocycles. The van der Waals surface area contributed by atoms with Crippen LogP contribution in [0.5, 0.6) is 0 Å². The maximum absolute atomic E-state index is 3.58. The zero-order valence-electron chi connectivity index (χ0n) is 10.7. The van der Waals surface area contributed by atoms with E-state index in [1.807, 2.05) is 11.8 Å². The fraction of sp³-hybridized carbons (Fsp3) is 0.571. The van der Waals surface area contributed by atoms with Crippen LogP contribution in [0.15, 0.2) is 29.2 Å². The van der Waals surface area contributed by atoms with Crippen molar-refractivity contribution in [3.63, 3.8) is 0 Å². The molecule has 1 aliphatic heterocycles. The SMILES string of the molecule is CCSc1ccc(C(NC)C2CCCN2)cc1. The summed E-state index contributed by atoms with van der Waals surface area (Å²) < 4.78 is 0. The summed E-state index contributed by atoms with van der Waals surface area (Å²) >= 11 is 1.90. The van der Waals surface area contributed by atoms with Crippen LogP contribution in [-0.4, -0.2) is 25.4 Å². The van der Waals surface area contributed by atoms with E-state index in [4.69, 9.17) is 0 Å². The summed E-state index contributed by atoms with van der Waals surface area (Å²) in [4.78, 5) is 1.37. The Morgan fingerprint density at radius 1 is 1.41 bits per heavy atom. The van der Waals surface area contributed by atoms with Crippen molar-refractivity contribution in [3.8, 4) is 0 Å². The molecule has 2 N–H and O–H groups in total. The second-order valence-electron chi connectivity index (χ2n) is 4.47. The molecule has 2 nitrogen and oxygen atoms in total. The predicted molar refractivity (Wildman–Crippen MR) is 75.7 cm³/mol. The minimum Gasteiger partial charge on any atom is -0.312 e. The molecule has 1 aliphatic rings. The van der Waals surface area contributed by atoms with Gasteiger partial charge >= 0.3 is 0 Å². The van der Waals surface area contributed by atoms with Gasteiger partial charge in [0.15, 0.2) is 0 Å². The fourth-order valence-corrected chi connectivity index (χ4v) is 3.20. The molecule has 2 rings (SSSR count). The molecule has 1 heterocycles. The van der Waals surface area contributed by atoms with E-state index >= 15 is 0 Å². The minimum absolute atomic E-state index is 0.443. The molecule has 1 aromatic rings. The quantitative estimate of drug-likeness (QED) is 0.786. The highest BCUT2D eigenvalue weighted by Crippen LogP contribution is 2.25. The van der Waals surface area contributed by atoms with Gasteiger partial charge in [0, 0.05) is 17.0 Å². The van der Waals surface area contributed by atoms with Gasteiger partial charge in [-0.3, -0.25) is 0 Å². The second-order valence-corrected chi connectivity index (χ2v) is 5.81. The van der Waals surface area contributed by atoms with Crippen molar-refractivity contribution in [2.75, 3.05) is 19.3 Å². The van der Waals surface area contributed by atoms with Crippen molar-refractivity contribution in [2.24, 2.45) is 0 Å². The van der Waals surface area contributed by atoms with Crippen LogP contribution in [0.25, 0.3) is 0 Å². The van der Waals surface area contributed by atoms with Crippen LogP contribution in [0.1, 0.15) is 31.4 Å². The number of hydrogen-bond acceptors (Lipinski definition) is 3. The number of hydrogen-bond donors (Lipinski definition) is 2. The third-order valence-corrected chi connectivity index (χ3v) is 4.26. The van der Waals surface area contributed by atoms with E-state index in [1.54, 1.807) is 0 Å². The molecule has 0 aromatic heterocycles. The molecule has 0 bridgehead atoms. The first-order valence-electron chi connectivity index (χ1n) is 6.48. The summed E-state index contributed by atoms with van der Waals surface area (Å²) in [6.07, 6.45) is 2.57. The molecule has 0 amide bonds. The Kier molecular flexibility index (Phi) is 4.89.